The summed E-state index contributed by atoms with van der Waals surface area (Å²) in [4.78, 5) is 28.1. The van der Waals surface area contributed by atoms with Gasteiger partial charge in [-0.2, -0.15) is 0 Å². The molecule has 1 aliphatic heterocycles. The molecule has 1 amide bonds. The zero-order chi connectivity index (χ0) is 20.4. The second-order valence-corrected chi connectivity index (χ2v) is 7.19. The lowest BCUT2D eigenvalue weighted by molar-refractivity contribution is -0.128. The van der Waals surface area contributed by atoms with Gasteiger partial charge in [-0.1, -0.05) is 18.2 Å². The van der Waals surface area contributed by atoms with Crippen LogP contribution in [0.15, 0.2) is 48.7 Å². The molecule has 1 atom stereocenters. The maximum Gasteiger partial charge on any atom is 0.245 e. The quantitative estimate of drug-likeness (QED) is 0.721. The Bertz CT molecular complexity index is 1020. The van der Waals surface area contributed by atoms with Gasteiger partial charge in [-0.25, -0.2) is 14.4 Å². The first-order valence-corrected chi connectivity index (χ1v) is 9.57. The van der Waals surface area contributed by atoms with Crippen LogP contribution in [0.5, 0.6) is 0 Å². The van der Waals surface area contributed by atoms with E-state index in [-0.39, 0.29) is 17.8 Å². The monoisotopic (exact) mass is 391 g/mol. The van der Waals surface area contributed by atoms with Crippen LogP contribution < -0.4 is 5.32 Å². The van der Waals surface area contributed by atoms with Crippen LogP contribution >= 0.6 is 0 Å². The van der Waals surface area contributed by atoms with Crippen LogP contribution in [0.1, 0.15) is 23.2 Å². The van der Waals surface area contributed by atoms with Crippen LogP contribution in [0.3, 0.4) is 0 Å². The van der Waals surface area contributed by atoms with Crippen LogP contribution in [0.25, 0.3) is 11.5 Å². The second-order valence-electron chi connectivity index (χ2n) is 7.19. The van der Waals surface area contributed by atoms with E-state index in [1.165, 1.54) is 12.1 Å². The Kier molecular flexibility index (Phi) is 5.20. The number of likely N-dealkylation sites (tertiary alicyclic amines) is 1. The van der Waals surface area contributed by atoms with Gasteiger partial charge in [0.25, 0.3) is 0 Å². The van der Waals surface area contributed by atoms with Crippen molar-refractivity contribution in [1.82, 2.24) is 19.9 Å². The number of carbonyl (C=O) groups is 1. The number of aryl methyl sites for hydroxylation is 1. The molecule has 3 heterocycles. The molecule has 1 aromatic carbocycles. The fourth-order valence-electron chi connectivity index (χ4n) is 3.38. The summed E-state index contributed by atoms with van der Waals surface area (Å²) in [6.07, 6.45) is 2.39. The van der Waals surface area contributed by atoms with Gasteiger partial charge in [-0.05, 0) is 50.1 Å². The molecule has 4 rings (SSSR count). The van der Waals surface area contributed by atoms with Gasteiger partial charge in [0.05, 0.1) is 0 Å². The number of hydrogen-bond donors (Lipinski definition) is 1. The molecule has 2 aromatic heterocycles. The van der Waals surface area contributed by atoms with E-state index in [9.17, 15) is 9.18 Å². The second kappa shape index (κ2) is 7.95. The first kappa shape index (κ1) is 19.0. The van der Waals surface area contributed by atoms with E-state index >= 15 is 0 Å². The predicted molar refractivity (Wildman–Crippen MR) is 109 cm³/mol. The number of nitrogens with one attached hydrogen (secondary N) is 1. The molecule has 0 spiro atoms. The Balaban J connectivity index is 1.51. The number of carbonyl (C=O) groups excluding carboxylic acids is 1. The summed E-state index contributed by atoms with van der Waals surface area (Å²) in [7, 11) is 0. The molecule has 0 radical (unpaired) electrons. The minimum absolute atomic E-state index is 0.0179. The molecule has 7 heteroatoms. The molecule has 0 aliphatic carbocycles. The third-order valence-corrected chi connectivity index (χ3v) is 5.18. The summed E-state index contributed by atoms with van der Waals surface area (Å²) in [5.74, 6) is 0.925. The Hall–Kier alpha value is -3.35. The van der Waals surface area contributed by atoms with Crippen LogP contribution in [0, 0.1) is 19.7 Å². The van der Waals surface area contributed by atoms with Crippen LogP contribution in [-0.4, -0.2) is 38.3 Å². The standard InChI is InChI=1S/C22H22FN5O/c1-14-15(2)25-21(18-5-3-4-11-24-18)27-20(14)26-19-10-12-28(22(19)29)13-16-6-8-17(23)9-7-16/h3-9,11,19H,10,12-13H2,1-2H3,(H,25,26,27). The molecule has 1 aliphatic rings. The van der Waals surface area contributed by atoms with Gasteiger partial charge in [-0.15, -0.1) is 0 Å². The number of amides is 1. The van der Waals surface area contributed by atoms with Crippen molar-refractivity contribution in [2.24, 2.45) is 0 Å². The first-order chi connectivity index (χ1) is 14.0. The van der Waals surface area contributed by atoms with E-state index in [0.29, 0.717) is 36.8 Å². The summed E-state index contributed by atoms with van der Waals surface area (Å²) in [5.41, 5.74) is 3.35. The molecule has 3 aromatic rings. The number of pyridine rings is 1. The summed E-state index contributed by atoms with van der Waals surface area (Å²) < 4.78 is 13.1. The fraction of sp³-hybridized carbons (Fsp3) is 0.273. The molecule has 1 unspecified atom stereocenters. The van der Waals surface area contributed by atoms with Gasteiger partial charge in [0.1, 0.15) is 23.4 Å². The number of aromatic nitrogens is 3. The number of benzene rings is 1. The maximum absolute atomic E-state index is 13.1. The number of halogens is 1. The summed E-state index contributed by atoms with van der Waals surface area (Å²) in [6, 6.07) is 11.5. The minimum Gasteiger partial charge on any atom is -0.358 e. The molecule has 0 bridgehead atoms. The van der Waals surface area contributed by atoms with E-state index in [0.717, 1.165) is 16.8 Å². The summed E-state index contributed by atoms with van der Waals surface area (Å²) in [6.45, 7) is 4.98. The maximum atomic E-state index is 13.1. The minimum atomic E-state index is -0.347. The van der Waals surface area contributed by atoms with Crippen molar-refractivity contribution in [2.75, 3.05) is 11.9 Å². The molecule has 29 heavy (non-hydrogen) atoms. The zero-order valence-corrected chi connectivity index (χ0v) is 16.4. The zero-order valence-electron chi connectivity index (χ0n) is 16.4. The molecule has 1 N–H and O–H groups in total. The van der Waals surface area contributed by atoms with E-state index in [1.54, 1.807) is 23.2 Å². The number of rotatable bonds is 5. The van der Waals surface area contributed by atoms with E-state index in [2.05, 4.69) is 20.3 Å². The van der Waals surface area contributed by atoms with Crippen LogP contribution in [-0.2, 0) is 11.3 Å². The Morgan fingerprint density at radius 3 is 2.66 bits per heavy atom. The predicted octanol–water partition coefficient (Wildman–Crippen LogP) is 3.51. The van der Waals surface area contributed by atoms with Crippen molar-refractivity contribution in [3.05, 3.63) is 71.3 Å². The number of hydrogen-bond acceptors (Lipinski definition) is 5. The molecule has 0 saturated carbocycles. The Labute approximate surface area is 168 Å². The van der Waals surface area contributed by atoms with E-state index < -0.39 is 0 Å². The summed E-state index contributed by atoms with van der Waals surface area (Å²) in [5, 5.41) is 3.30. The normalized spacial score (nSPS) is 16.3. The highest BCUT2D eigenvalue weighted by Gasteiger charge is 2.32. The topological polar surface area (TPSA) is 71.0 Å². The molecule has 1 saturated heterocycles. The third-order valence-electron chi connectivity index (χ3n) is 5.18. The average molecular weight is 391 g/mol. The van der Waals surface area contributed by atoms with Crippen molar-refractivity contribution >= 4 is 11.7 Å². The van der Waals surface area contributed by atoms with Crippen molar-refractivity contribution in [3.63, 3.8) is 0 Å². The highest BCUT2D eigenvalue weighted by Crippen LogP contribution is 2.24. The largest absolute Gasteiger partial charge is 0.358 e. The number of nitrogens with zero attached hydrogens (tertiary/aromatic N) is 4. The van der Waals surface area contributed by atoms with Gasteiger partial charge in [0.15, 0.2) is 5.82 Å². The van der Waals surface area contributed by atoms with Gasteiger partial charge in [0.2, 0.25) is 5.91 Å². The highest BCUT2D eigenvalue weighted by atomic mass is 19.1. The molecule has 6 nitrogen and oxygen atoms in total. The van der Waals surface area contributed by atoms with Gasteiger partial charge >= 0.3 is 0 Å². The van der Waals surface area contributed by atoms with Crippen molar-refractivity contribution < 1.29 is 9.18 Å². The van der Waals surface area contributed by atoms with Gasteiger partial charge in [-0.3, -0.25) is 9.78 Å². The fourth-order valence-corrected chi connectivity index (χ4v) is 3.38. The average Bonchev–Trinajstić information content (AvgIpc) is 3.07. The summed E-state index contributed by atoms with van der Waals surface area (Å²) >= 11 is 0. The van der Waals surface area contributed by atoms with Crippen molar-refractivity contribution in [2.45, 2.75) is 32.9 Å². The third kappa shape index (κ3) is 4.08. The number of anilines is 1. The SMILES string of the molecule is Cc1nc(-c2ccccn2)nc(NC2CCN(Cc3ccc(F)cc3)C2=O)c1C. The Morgan fingerprint density at radius 1 is 1.14 bits per heavy atom. The van der Waals surface area contributed by atoms with Crippen LogP contribution in [0.4, 0.5) is 10.2 Å². The van der Waals surface area contributed by atoms with Gasteiger partial charge in [0, 0.05) is 30.5 Å². The van der Waals surface area contributed by atoms with Crippen molar-refractivity contribution in [3.8, 4) is 11.5 Å². The van der Waals surface area contributed by atoms with Crippen molar-refractivity contribution in [1.29, 1.82) is 0 Å². The smallest absolute Gasteiger partial charge is 0.245 e. The Morgan fingerprint density at radius 2 is 1.93 bits per heavy atom. The van der Waals surface area contributed by atoms with E-state index in [1.807, 2.05) is 32.0 Å². The van der Waals surface area contributed by atoms with E-state index in [4.69, 9.17) is 0 Å². The molecular weight excluding hydrogens is 369 g/mol. The van der Waals surface area contributed by atoms with Gasteiger partial charge < -0.3 is 10.2 Å². The van der Waals surface area contributed by atoms with Crippen LogP contribution in [0.2, 0.25) is 0 Å². The first-order valence-electron chi connectivity index (χ1n) is 9.57. The molecule has 148 valence electrons. The highest BCUT2D eigenvalue weighted by molar-refractivity contribution is 5.86. The molecule has 1 fully saturated rings. The lowest BCUT2D eigenvalue weighted by Crippen LogP contribution is -2.33. The molecular formula is C22H22FN5O. The lowest BCUT2D eigenvalue weighted by Gasteiger charge is -2.19. The lowest BCUT2D eigenvalue weighted by atomic mass is 10.2.